The number of likely N-dealkylation sites (tertiary alicyclic amines) is 1. The molecule has 2 atom stereocenters. The molecule has 1 aliphatic carbocycles. The summed E-state index contributed by atoms with van der Waals surface area (Å²) in [6, 6.07) is 12.6. The summed E-state index contributed by atoms with van der Waals surface area (Å²) < 4.78 is 29.7. The van der Waals surface area contributed by atoms with Crippen LogP contribution in [0.1, 0.15) is 18.4 Å². The van der Waals surface area contributed by atoms with E-state index >= 15 is 0 Å². The summed E-state index contributed by atoms with van der Waals surface area (Å²) in [5.74, 6) is 0.536. The van der Waals surface area contributed by atoms with Crippen LogP contribution in [0.5, 0.6) is 0 Å². The molecule has 1 aromatic heterocycles. The first-order valence-corrected chi connectivity index (χ1v) is 12.2. The topological polar surface area (TPSA) is 34.0 Å². The van der Waals surface area contributed by atoms with Gasteiger partial charge in [0.25, 0.3) is 0 Å². The van der Waals surface area contributed by atoms with Gasteiger partial charge in [-0.05, 0) is 61.2 Å². The average Bonchev–Trinajstić information content (AvgIpc) is 3.13. The van der Waals surface area contributed by atoms with E-state index in [2.05, 4.69) is 55.3 Å². The molecule has 0 bridgehead atoms. The highest BCUT2D eigenvalue weighted by Gasteiger charge is 2.60. The monoisotopic (exact) mass is 504 g/mol. The van der Waals surface area contributed by atoms with Crippen molar-refractivity contribution in [3.8, 4) is 11.4 Å². The van der Waals surface area contributed by atoms with E-state index in [1.165, 1.54) is 24.6 Å². The minimum absolute atomic E-state index is 0.372. The molecule has 1 saturated carbocycles. The summed E-state index contributed by atoms with van der Waals surface area (Å²) >= 11 is 5.18. The summed E-state index contributed by atoms with van der Waals surface area (Å²) in [5, 5.41) is 9.19. The van der Waals surface area contributed by atoms with Gasteiger partial charge < -0.3 is 9.47 Å². The van der Waals surface area contributed by atoms with E-state index in [9.17, 15) is 8.78 Å². The maximum absolute atomic E-state index is 13.5. The van der Waals surface area contributed by atoms with Crippen LogP contribution in [-0.2, 0) is 12.5 Å². The van der Waals surface area contributed by atoms with Gasteiger partial charge in [-0.1, -0.05) is 39.8 Å². The van der Waals surface area contributed by atoms with E-state index in [4.69, 9.17) is 0 Å². The Morgan fingerprint density at radius 3 is 2.71 bits per heavy atom. The summed E-state index contributed by atoms with van der Waals surface area (Å²) in [6.07, 6.45) is 2.38. The van der Waals surface area contributed by atoms with Crippen molar-refractivity contribution in [2.75, 3.05) is 25.4 Å². The number of aromatic nitrogens is 3. The Hall–Kier alpha value is -1.77. The number of halogens is 3. The summed E-state index contributed by atoms with van der Waals surface area (Å²) in [7, 11) is 1.86. The highest BCUT2D eigenvalue weighted by atomic mass is 79.9. The van der Waals surface area contributed by atoms with Gasteiger partial charge in [0, 0.05) is 41.3 Å². The highest BCUT2D eigenvalue weighted by Crippen LogP contribution is 2.59. The minimum Gasteiger partial charge on any atom is -0.305 e. The molecule has 2 aliphatic rings. The molecule has 8 heteroatoms. The van der Waals surface area contributed by atoms with Gasteiger partial charge in [0.1, 0.15) is 0 Å². The molecule has 31 heavy (non-hydrogen) atoms. The number of fused-ring (bicyclic) bond motifs is 1. The molecule has 1 aliphatic heterocycles. The van der Waals surface area contributed by atoms with Crippen LogP contribution in [-0.4, -0.2) is 45.1 Å². The Bertz CT molecular complexity index is 1100. The van der Waals surface area contributed by atoms with Gasteiger partial charge in [0.05, 0.1) is 0 Å². The van der Waals surface area contributed by atoms with Crippen molar-refractivity contribution in [1.82, 2.24) is 19.7 Å². The van der Waals surface area contributed by atoms with Crippen molar-refractivity contribution in [1.29, 1.82) is 0 Å². The lowest BCUT2D eigenvalue weighted by atomic mass is 9.95. The molecule has 4 nitrogen and oxygen atoms in total. The molecule has 162 valence electrons. The molecule has 1 saturated heterocycles. The van der Waals surface area contributed by atoms with Crippen LogP contribution in [0.4, 0.5) is 8.78 Å². The lowest BCUT2D eigenvalue weighted by Gasteiger charge is -2.21. The molecular weight excluding hydrogens is 482 g/mol. The van der Waals surface area contributed by atoms with E-state index < -0.39 is 11.6 Å². The fourth-order valence-electron chi connectivity index (χ4n) is 4.76. The van der Waals surface area contributed by atoms with Gasteiger partial charge in [-0.25, -0.2) is 8.78 Å². The number of rotatable bonds is 7. The maximum atomic E-state index is 13.5. The third kappa shape index (κ3) is 4.05. The number of hydrogen-bond donors (Lipinski definition) is 0. The molecule has 2 heterocycles. The first-order chi connectivity index (χ1) is 15.0. The fraction of sp³-hybridized carbons (Fsp3) is 0.391. The second-order valence-electron chi connectivity index (χ2n) is 8.50. The zero-order valence-electron chi connectivity index (χ0n) is 17.2. The molecular formula is C23H23BrF2N4S. The van der Waals surface area contributed by atoms with Gasteiger partial charge in [-0.2, -0.15) is 0 Å². The van der Waals surface area contributed by atoms with Gasteiger partial charge in [0.2, 0.25) is 0 Å². The third-order valence-electron chi connectivity index (χ3n) is 6.50. The van der Waals surface area contributed by atoms with E-state index in [1.807, 2.05) is 11.6 Å². The number of thioether (sulfide) groups is 1. The summed E-state index contributed by atoms with van der Waals surface area (Å²) in [6.45, 7) is 3.41. The maximum Gasteiger partial charge on any atom is 0.191 e. The zero-order chi connectivity index (χ0) is 21.6. The van der Waals surface area contributed by atoms with Gasteiger partial charge in [-0.15, -0.1) is 10.2 Å². The zero-order valence-corrected chi connectivity index (χ0v) is 19.6. The van der Waals surface area contributed by atoms with Crippen LogP contribution in [0, 0.1) is 17.6 Å². The lowest BCUT2D eigenvalue weighted by molar-refractivity contribution is 0.299. The fourth-order valence-corrected chi connectivity index (χ4v) is 5.86. The SMILES string of the molecule is Cn1c(SCCCN2C[C@@H]3CC3(c3ccc(Br)cc3)C2)nnc1-c1ccc(F)c(F)c1. The van der Waals surface area contributed by atoms with Crippen molar-refractivity contribution >= 4 is 27.7 Å². The Balaban J connectivity index is 1.13. The largest absolute Gasteiger partial charge is 0.305 e. The summed E-state index contributed by atoms with van der Waals surface area (Å²) in [5.41, 5.74) is 2.37. The van der Waals surface area contributed by atoms with Gasteiger partial charge >= 0.3 is 0 Å². The Kier molecular flexibility index (Phi) is 5.65. The number of benzene rings is 2. The van der Waals surface area contributed by atoms with Crippen molar-refractivity contribution in [3.05, 3.63) is 64.1 Å². The van der Waals surface area contributed by atoms with Crippen LogP contribution in [0.3, 0.4) is 0 Å². The highest BCUT2D eigenvalue weighted by molar-refractivity contribution is 9.10. The molecule has 0 amide bonds. The Morgan fingerprint density at radius 2 is 1.94 bits per heavy atom. The van der Waals surface area contributed by atoms with E-state index in [-0.39, 0.29) is 0 Å². The van der Waals surface area contributed by atoms with Crippen LogP contribution in [0.2, 0.25) is 0 Å². The number of piperidine rings is 1. The Morgan fingerprint density at radius 1 is 1.13 bits per heavy atom. The summed E-state index contributed by atoms with van der Waals surface area (Å²) in [4.78, 5) is 2.58. The Labute approximate surface area is 193 Å². The first-order valence-electron chi connectivity index (χ1n) is 10.4. The van der Waals surface area contributed by atoms with Crippen molar-refractivity contribution in [2.24, 2.45) is 13.0 Å². The molecule has 1 unspecified atom stereocenters. The normalized spacial score (nSPS) is 22.6. The van der Waals surface area contributed by atoms with Crippen molar-refractivity contribution < 1.29 is 8.78 Å². The molecule has 2 aromatic carbocycles. The van der Waals surface area contributed by atoms with Gasteiger partial charge in [-0.3, -0.25) is 0 Å². The average molecular weight is 505 g/mol. The van der Waals surface area contributed by atoms with Gasteiger partial charge in [0.15, 0.2) is 22.6 Å². The minimum atomic E-state index is -0.876. The third-order valence-corrected chi connectivity index (χ3v) is 8.13. The predicted octanol–water partition coefficient (Wildman–Crippen LogP) is 5.28. The second-order valence-corrected chi connectivity index (χ2v) is 10.5. The molecule has 0 N–H and O–H groups in total. The quantitative estimate of drug-likeness (QED) is 0.323. The van der Waals surface area contributed by atoms with E-state index in [0.29, 0.717) is 16.8 Å². The molecule has 5 rings (SSSR count). The smallest absolute Gasteiger partial charge is 0.191 e. The van der Waals surface area contributed by atoms with Crippen molar-refractivity contribution in [3.63, 3.8) is 0 Å². The first kappa shape index (κ1) is 21.1. The number of hydrogen-bond acceptors (Lipinski definition) is 4. The molecule has 2 fully saturated rings. The second kappa shape index (κ2) is 8.30. The number of nitrogens with zero attached hydrogens (tertiary/aromatic N) is 4. The van der Waals surface area contributed by atoms with Crippen LogP contribution >= 0.6 is 27.7 Å². The molecule has 0 radical (unpaired) electrons. The standard InChI is InChI=1S/C23H23BrF2N4S/c1-29-21(15-3-8-19(25)20(26)11-15)27-28-22(29)31-10-2-9-30-13-17-12-23(17,14-30)16-4-6-18(24)7-5-16/h3-8,11,17H,2,9-10,12-14H2,1H3/t17-,23?/m0/s1. The van der Waals surface area contributed by atoms with E-state index in [0.717, 1.165) is 52.9 Å². The lowest BCUT2D eigenvalue weighted by Crippen LogP contribution is -2.27. The van der Waals surface area contributed by atoms with Crippen molar-refractivity contribution in [2.45, 2.75) is 23.4 Å². The molecule has 0 spiro atoms. The van der Waals surface area contributed by atoms with E-state index in [1.54, 1.807) is 11.8 Å². The predicted molar refractivity (Wildman–Crippen MR) is 122 cm³/mol. The molecule has 3 aromatic rings. The van der Waals surface area contributed by atoms with Crippen LogP contribution < -0.4 is 0 Å². The van der Waals surface area contributed by atoms with Crippen LogP contribution in [0.25, 0.3) is 11.4 Å². The van der Waals surface area contributed by atoms with Crippen LogP contribution in [0.15, 0.2) is 52.1 Å².